The minimum Gasteiger partial charge on any atom is -0.377 e. The second-order valence-corrected chi connectivity index (χ2v) is 7.44. The highest BCUT2D eigenvalue weighted by molar-refractivity contribution is 7.89. The van der Waals surface area contributed by atoms with Crippen molar-refractivity contribution in [2.75, 3.05) is 20.2 Å². The summed E-state index contributed by atoms with van der Waals surface area (Å²) in [6.45, 7) is 4.56. The van der Waals surface area contributed by atoms with E-state index in [9.17, 15) is 8.42 Å². The average molecular weight is 312 g/mol. The molecule has 0 amide bonds. The van der Waals surface area contributed by atoms with Crippen LogP contribution in [0.25, 0.3) is 0 Å². The molecule has 0 saturated heterocycles. The average Bonchev–Trinajstić information content (AvgIpc) is 2.77. The number of halogens is 1. The zero-order valence-electron chi connectivity index (χ0n) is 10.7. The van der Waals surface area contributed by atoms with Crippen LogP contribution in [-0.4, -0.2) is 39.0 Å². The van der Waals surface area contributed by atoms with Crippen molar-refractivity contribution in [1.29, 1.82) is 0 Å². The molecule has 1 rings (SSSR count). The molecule has 0 aliphatic carbocycles. The number of likely N-dealkylation sites (N-methyl/N-ethyl adjacent to an activating group) is 1. The van der Waals surface area contributed by atoms with E-state index in [-0.39, 0.29) is 6.10 Å². The molecule has 0 N–H and O–H groups in total. The number of hydrogen-bond acceptors (Lipinski definition) is 4. The first-order valence-corrected chi connectivity index (χ1v) is 8.44. The lowest BCUT2D eigenvalue weighted by Crippen LogP contribution is -2.30. The normalized spacial score (nSPS) is 12.6. The van der Waals surface area contributed by atoms with Gasteiger partial charge in [0.2, 0.25) is 10.0 Å². The van der Waals surface area contributed by atoms with E-state index < -0.39 is 10.0 Å². The summed E-state index contributed by atoms with van der Waals surface area (Å²) in [7, 11) is -1.87. The second kappa shape index (κ2) is 6.86. The molecule has 4 nitrogen and oxygen atoms in total. The highest BCUT2D eigenvalue weighted by Gasteiger charge is 2.21. The third-order valence-corrected chi connectivity index (χ3v) is 5.69. The van der Waals surface area contributed by atoms with E-state index in [1.807, 2.05) is 13.8 Å². The summed E-state index contributed by atoms with van der Waals surface area (Å²) in [5, 5.41) is 1.62. The first-order chi connectivity index (χ1) is 8.37. The first kappa shape index (κ1) is 15.9. The monoisotopic (exact) mass is 311 g/mol. The second-order valence-electron chi connectivity index (χ2n) is 4.13. The Labute approximate surface area is 118 Å². The van der Waals surface area contributed by atoms with Gasteiger partial charge < -0.3 is 4.74 Å². The fourth-order valence-electron chi connectivity index (χ4n) is 1.28. The van der Waals surface area contributed by atoms with Gasteiger partial charge in [-0.3, -0.25) is 0 Å². The zero-order chi connectivity index (χ0) is 13.8. The zero-order valence-corrected chi connectivity index (χ0v) is 13.1. The maximum absolute atomic E-state index is 12.2. The number of sulfonamides is 1. The van der Waals surface area contributed by atoms with E-state index in [1.54, 1.807) is 18.5 Å². The van der Waals surface area contributed by atoms with Gasteiger partial charge in [0.05, 0.1) is 23.5 Å². The number of alkyl halides is 1. The maximum atomic E-state index is 12.2. The lowest BCUT2D eigenvalue weighted by atomic mass is 10.5. The lowest BCUT2D eigenvalue weighted by Gasteiger charge is -2.17. The largest absolute Gasteiger partial charge is 0.377 e. The van der Waals surface area contributed by atoms with Crippen LogP contribution in [0.5, 0.6) is 0 Å². The van der Waals surface area contributed by atoms with Gasteiger partial charge >= 0.3 is 0 Å². The third kappa shape index (κ3) is 4.20. The highest BCUT2D eigenvalue weighted by atomic mass is 35.5. The number of thiophene rings is 1. The molecule has 0 bridgehead atoms. The van der Waals surface area contributed by atoms with Crippen LogP contribution < -0.4 is 0 Å². The molecule has 0 radical (unpaired) electrons. The summed E-state index contributed by atoms with van der Waals surface area (Å²) < 4.78 is 31.0. The van der Waals surface area contributed by atoms with Crippen molar-refractivity contribution in [1.82, 2.24) is 4.31 Å². The Morgan fingerprint density at radius 3 is 2.67 bits per heavy atom. The summed E-state index contributed by atoms with van der Waals surface area (Å²) in [6.07, 6.45) is 0.102. The standard InChI is InChI=1S/C11H18ClNO3S2/c1-9(2)16-5-4-13(3)18(14,15)11-6-10(7-12)17-8-11/h6,8-9H,4-5,7H2,1-3H3. The van der Waals surface area contributed by atoms with Gasteiger partial charge in [-0.2, -0.15) is 4.31 Å². The van der Waals surface area contributed by atoms with Crippen molar-refractivity contribution < 1.29 is 13.2 Å². The Morgan fingerprint density at radius 2 is 2.17 bits per heavy atom. The Kier molecular flexibility index (Phi) is 6.07. The lowest BCUT2D eigenvalue weighted by molar-refractivity contribution is 0.0737. The first-order valence-electron chi connectivity index (χ1n) is 5.59. The van der Waals surface area contributed by atoms with Crippen molar-refractivity contribution in [2.24, 2.45) is 0 Å². The molecular weight excluding hydrogens is 294 g/mol. The van der Waals surface area contributed by atoms with E-state index in [0.29, 0.717) is 23.9 Å². The van der Waals surface area contributed by atoms with E-state index >= 15 is 0 Å². The summed E-state index contributed by atoms with van der Waals surface area (Å²) in [6, 6.07) is 1.62. The Hall–Kier alpha value is -0.140. The van der Waals surface area contributed by atoms with E-state index in [2.05, 4.69) is 0 Å². The SMILES string of the molecule is CC(C)OCCN(C)S(=O)(=O)c1csc(CCl)c1. The van der Waals surface area contributed by atoms with Crippen LogP contribution >= 0.6 is 22.9 Å². The van der Waals surface area contributed by atoms with Crippen molar-refractivity contribution >= 4 is 33.0 Å². The molecule has 0 aromatic carbocycles. The smallest absolute Gasteiger partial charge is 0.243 e. The summed E-state index contributed by atoms with van der Waals surface area (Å²) >= 11 is 7.02. The Morgan fingerprint density at radius 1 is 1.50 bits per heavy atom. The molecule has 1 aromatic heterocycles. The topological polar surface area (TPSA) is 46.6 Å². The predicted octanol–water partition coefficient (Wildman–Crippen LogP) is 2.53. The van der Waals surface area contributed by atoms with E-state index in [4.69, 9.17) is 16.3 Å². The molecule has 0 aliphatic rings. The molecule has 1 heterocycles. The molecule has 0 unspecified atom stereocenters. The molecule has 0 spiro atoms. The van der Waals surface area contributed by atoms with Gasteiger partial charge in [0.15, 0.2) is 0 Å². The molecule has 0 aliphatic heterocycles. The number of ether oxygens (including phenoxy) is 1. The Bertz CT molecular complexity index is 470. The maximum Gasteiger partial charge on any atom is 0.243 e. The van der Waals surface area contributed by atoms with Crippen LogP contribution in [0.4, 0.5) is 0 Å². The quantitative estimate of drug-likeness (QED) is 0.727. The molecule has 0 saturated carbocycles. The minimum atomic E-state index is -3.42. The fraction of sp³-hybridized carbons (Fsp3) is 0.636. The van der Waals surface area contributed by atoms with Gasteiger partial charge in [0.25, 0.3) is 0 Å². The molecule has 0 atom stereocenters. The van der Waals surface area contributed by atoms with Crippen LogP contribution in [-0.2, 0) is 20.6 Å². The number of rotatable bonds is 7. The van der Waals surface area contributed by atoms with Gasteiger partial charge in [-0.1, -0.05) is 0 Å². The molecule has 18 heavy (non-hydrogen) atoms. The van der Waals surface area contributed by atoms with Crippen LogP contribution in [0.1, 0.15) is 18.7 Å². The number of nitrogens with zero attached hydrogens (tertiary/aromatic N) is 1. The van der Waals surface area contributed by atoms with Gasteiger partial charge in [-0.15, -0.1) is 22.9 Å². The van der Waals surface area contributed by atoms with Crippen LogP contribution in [0.3, 0.4) is 0 Å². The van der Waals surface area contributed by atoms with Gasteiger partial charge in [0, 0.05) is 23.8 Å². The predicted molar refractivity (Wildman–Crippen MR) is 74.8 cm³/mol. The van der Waals surface area contributed by atoms with E-state index in [0.717, 1.165) is 4.88 Å². The third-order valence-electron chi connectivity index (χ3n) is 2.33. The molecule has 7 heteroatoms. The van der Waals surface area contributed by atoms with Crippen LogP contribution in [0.2, 0.25) is 0 Å². The highest BCUT2D eigenvalue weighted by Crippen LogP contribution is 2.23. The molecule has 1 aromatic rings. The summed E-state index contributed by atoms with van der Waals surface area (Å²) in [5.74, 6) is 0.334. The van der Waals surface area contributed by atoms with Crippen LogP contribution in [0.15, 0.2) is 16.3 Å². The Balaban J connectivity index is 2.67. The summed E-state index contributed by atoms with van der Waals surface area (Å²) in [5.41, 5.74) is 0. The van der Waals surface area contributed by atoms with Gasteiger partial charge in [0.1, 0.15) is 0 Å². The van der Waals surface area contributed by atoms with Crippen molar-refractivity contribution in [3.05, 3.63) is 16.3 Å². The fourth-order valence-corrected chi connectivity index (χ4v) is 3.81. The minimum absolute atomic E-state index is 0.102. The molecule has 104 valence electrons. The van der Waals surface area contributed by atoms with Crippen molar-refractivity contribution in [2.45, 2.75) is 30.7 Å². The van der Waals surface area contributed by atoms with E-state index in [1.165, 1.54) is 15.6 Å². The molecule has 0 fully saturated rings. The summed E-state index contributed by atoms with van der Waals surface area (Å²) in [4.78, 5) is 1.15. The van der Waals surface area contributed by atoms with Crippen molar-refractivity contribution in [3.8, 4) is 0 Å². The molecular formula is C11H18ClNO3S2. The van der Waals surface area contributed by atoms with Gasteiger partial charge in [-0.25, -0.2) is 8.42 Å². The number of hydrogen-bond donors (Lipinski definition) is 0. The van der Waals surface area contributed by atoms with Gasteiger partial charge in [-0.05, 0) is 19.9 Å². The van der Waals surface area contributed by atoms with Crippen molar-refractivity contribution in [3.63, 3.8) is 0 Å². The van der Waals surface area contributed by atoms with Crippen LogP contribution in [0, 0.1) is 0 Å².